The lowest BCUT2D eigenvalue weighted by Crippen LogP contribution is -2.20. The lowest BCUT2D eigenvalue weighted by atomic mass is 10.0. The summed E-state index contributed by atoms with van der Waals surface area (Å²) in [5.41, 5.74) is 1.91. The van der Waals surface area contributed by atoms with Gasteiger partial charge in [-0.2, -0.15) is 0 Å². The summed E-state index contributed by atoms with van der Waals surface area (Å²) in [4.78, 5) is 4.31. The van der Waals surface area contributed by atoms with Crippen molar-refractivity contribution in [3.05, 3.63) is 62.9 Å². The van der Waals surface area contributed by atoms with E-state index in [4.69, 9.17) is 34.8 Å². The molecule has 100 valence electrons. The first kappa shape index (κ1) is 14.6. The van der Waals surface area contributed by atoms with Gasteiger partial charge in [0.15, 0.2) is 0 Å². The average Bonchev–Trinajstić information content (AvgIpc) is 2.37. The van der Waals surface area contributed by atoms with Crippen molar-refractivity contribution < 1.29 is 0 Å². The van der Waals surface area contributed by atoms with E-state index in [0.29, 0.717) is 10.0 Å². The molecule has 0 spiro atoms. The summed E-state index contributed by atoms with van der Waals surface area (Å²) in [5.74, 6) is 0. The molecule has 1 heterocycles. The third kappa shape index (κ3) is 3.83. The van der Waals surface area contributed by atoms with E-state index < -0.39 is 0 Å². The van der Waals surface area contributed by atoms with Crippen LogP contribution in [0.25, 0.3) is 0 Å². The molecule has 1 atom stereocenters. The second-order valence-electron chi connectivity index (χ2n) is 4.20. The highest BCUT2D eigenvalue weighted by atomic mass is 35.5. The zero-order valence-electron chi connectivity index (χ0n) is 10.3. The third-order valence-corrected chi connectivity index (χ3v) is 3.59. The number of nitrogens with zero attached hydrogens (tertiary/aromatic N) is 1. The summed E-state index contributed by atoms with van der Waals surface area (Å²) in [6.07, 6.45) is 2.36. The highest BCUT2D eigenvalue weighted by molar-refractivity contribution is 6.34. The largest absolute Gasteiger partial charge is 0.311 e. The predicted molar refractivity (Wildman–Crippen MR) is 81.2 cm³/mol. The number of pyridine rings is 1. The average molecular weight is 316 g/mol. The molecule has 2 aromatic rings. The van der Waals surface area contributed by atoms with E-state index in [1.54, 1.807) is 12.3 Å². The fourth-order valence-electron chi connectivity index (χ4n) is 1.92. The van der Waals surface area contributed by atoms with Gasteiger partial charge in [0.2, 0.25) is 0 Å². The van der Waals surface area contributed by atoms with Crippen molar-refractivity contribution >= 4 is 34.8 Å². The van der Waals surface area contributed by atoms with Gasteiger partial charge in [-0.25, -0.2) is 0 Å². The molecule has 19 heavy (non-hydrogen) atoms. The maximum atomic E-state index is 6.19. The van der Waals surface area contributed by atoms with E-state index in [9.17, 15) is 0 Å². The third-order valence-electron chi connectivity index (χ3n) is 2.84. The monoisotopic (exact) mass is 314 g/mol. The smallest absolute Gasteiger partial charge is 0.0763 e. The molecular formula is C14H13Cl3N2. The summed E-state index contributed by atoms with van der Waals surface area (Å²) in [7, 11) is 1.88. The van der Waals surface area contributed by atoms with Gasteiger partial charge >= 0.3 is 0 Å². The van der Waals surface area contributed by atoms with Crippen molar-refractivity contribution in [1.82, 2.24) is 10.3 Å². The number of nitrogens with one attached hydrogen (secondary N) is 1. The number of benzene rings is 1. The molecule has 0 aliphatic carbocycles. The number of hydrogen-bond donors (Lipinski definition) is 1. The topological polar surface area (TPSA) is 24.9 Å². The second-order valence-corrected chi connectivity index (χ2v) is 5.48. The van der Waals surface area contributed by atoms with Gasteiger partial charge in [0, 0.05) is 11.2 Å². The van der Waals surface area contributed by atoms with Crippen molar-refractivity contribution in [2.75, 3.05) is 7.05 Å². The number of halogens is 3. The minimum Gasteiger partial charge on any atom is -0.311 e. The maximum Gasteiger partial charge on any atom is 0.0763 e. The summed E-state index contributed by atoms with van der Waals surface area (Å²) >= 11 is 18.0. The Hall–Kier alpha value is -0.800. The highest BCUT2D eigenvalue weighted by Gasteiger charge is 2.15. The zero-order chi connectivity index (χ0) is 13.8. The van der Waals surface area contributed by atoms with Crippen molar-refractivity contribution in [2.45, 2.75) is 12.5 Å². The number of likely N-dealkylation sites (N-methyl/N-ethyl adjacent to an activating group) is 1. The van der Waals surface area contributed by atoms with Crippen LogP contribution in [-0.2, 0) is 6.42 Å². The summed E-state index contributed by atoms with van der Waals surface area (Å²) < 4.78 is 0. The van der Waals surface area contributed by atoms with Crippen molar-refractivity contribution in [2.24, 2.45) is 0 Å². The molecule has 1 aromatic heterocycles. The van der Waals surface area contributed by atoms with Gasteiger partial charge in [-0.1, -0.05) is 46.9 Å². The summed E-state index contributed by atoms with van der Waals surface area (Å²) in [6, 6.07) is 9.47. The van der Waals surface area contributed by atoms with Crippen LogP contribution in [0.5, 0.6) is 0 Å². The molecule has 0 saturated carbocycles. The molecule has 1 N–H and O–H groups in total. The molecule has 0 amide bonds. The molecule has 5 heteroatoms. The van der Waals surface area contributed by atoms with Crippen LogP contribution in [0.1, 0.15) is 17.3 Å². The normalized spacial score (nSPS) is 12.4. The van der Waals surface area contributed by atoms with Gasteiger partial charge in [0.1, 0.15) is 0 Å². The van der Waals surface area contributed by atoms with E-state index in [2.05, 4.69) is 10.3 Å². The maximum absolute atomic E-state index is 6.19. The van der Waals surface area contributed by atoms with E-state index in [1.165, 1.54) is 0 Å². The van der Waals surface area contributed by atoms with Crippen molar-refractivity contribution in [1.29, 1.82) is 0 Å². The Kier molecular flexibility index (Phi) is 5.06. The quantitative estimate of drug-likeness (QED) is 0.895. The number of aromatic nitrogens is 1. The van der Waals surface area contributed by atoms with E-state index >= 15 is 0 Å². The van der Waals surface area contributed by atoms with Crippen molar-refractivity contribution in [3.63, 3.8) is 0 Å². The fourth-order valence-corrected chi connectivity index (χ4v) is 2.64. The standard InChI is InChI=1S/C14H13Cl3N2/c1-18-13(6-9-3-2-4-10(15)5-9)14-12(17)7-11(16)8-19-14/h2-5,7-8,13,18H,6H2,1H3. The summed E-state index contributed by atoms with van der Waals surface area (Å²) in [5, 5.41) is 5.04. The molecule has 2 nitrogen and oxygen atoms in total. The minimum absolute atomic E-state index is 0.0169. The van der Waals surface area contributed by atoms with Gasteiger partial charge in [-0.05, 0) is 37.2 Å². The highest BCUT2D eigenvalue weighted by Crippen LogP contribution is 2.26. The lowest BCUT2D eigenvalue weighted by Gasteiger charge is -2.17. The summed E-state index contributed by atoms with van der Waals surface area (Å²) in [6.45, 7) is 0. The first-order valence-corrected chi connectivity index (χ1v) is 6.96. The van der Waals surface area contributed by atoms with Crippen LogP contribution in [0, 0.1) is 0 Å². The molecule has 1 aromatic carbocycles. The molecule has 0 aliphatic rings. The SMILES string of the molecule is CNC(Cc1cccc(Cl)c1)c1ncc(Cl)cc1Cl. The van der Waals surface area contributed by atoms with Gasteiger partial charge < -0.3 is 5.32 Å². The Balaban J connectivity index is 2.25. The first-order valence-electron chi connectivity index (χ1n) is 5.83. The van der Waals surface area contributed by atoms with Crippen LogP contribution in [0.4, 0.5) is 0 Å². The molecule has 1 unspecified atom stereocenters. The lowest BCUT2D eigenvalue weighted by molar-refractivity contribution is 0.576. The molecule has 0 radical (unpaired) electrons. The molecule has 0 aliphatic heterocycles. The Morgan fingerprint density at radius 1 is 1.16 bits per heavy atom. The van der Waals surface area contributed by atoms with Crippen LogP contribution in [0.2, 0.25) is 15.1 Å². The van der Waals surface area contributed by atoms with Crippen LogP contribution >= 0.6 is 34.8 Å². The van der Waals surface area contributed by atoms with Crippen LogP contribution < -0.4 is 5.32 Å². The zero-order valence-corrected chi connectivity index (χ0v) is 12.6. The van der Waals surface area contributed by atoms with Gasteiger partial charge in [0.05, 0.1) is 21.8 Å². The molecule has 0 bridgehead atoms. The van der Waals surface area contributed by atoms with Crippen LogP contribution in [-0.4, -0.2) is 12.0 Å². The molecule has 2 rings (SSSR count). The molecule has 0 fully saturated rings. The first-order chi connectivity index (χ1) is 9.10. The van der Waals surface area contributed by atoms with Crippen LogP contribution in [0.3, 0.4) is 0 Å². The van der Waals surface area contributed by atoms with Crippen LogP contribution in [0.15, 0.2) is 36.5 Å². The predicted octanol–water partition coefficient (Wildman–Crippen LogP) is 4.55. The Labute approximate surface area is 127 Å². The molecule has 0 saturated heterocycles. The Morgan fingerprint density at radius 3 is 2.58 bits per heavy atom. The second kappa shape index (κ2) is 6.58. The van der Waals surface area contributed by atoms with Gasteiger partial charge in [-0.15, -0.1) is 0 Å². The number of rotatable bonds is 4. The van der Waals surface area contributed by atoms with Crippen molar-refractivity contribution in [3.8, 4) is 0 Å². The Bertz CT molecular complexity index is 572. The molecular weight excluding hydrogens is 303 g/mol. The minimum atomic E-state index is 0.0169. The van der Waals surface area contributed by atoms with E-state index in [-0.39, 0.29) is 6.04 Å². The van der Waals surface area contributed by atoms with E-state index in [1.807, 2.05) is 31.3 Å². The van der Waals surface area contributed by atoms with E-state index in [0.717, 1.165) is 22.7 Å². The Morgan fingerprint density at radius 2 is 1.95 bits per heavy atom. The van der Waals surface area contributed by atoms with Gasteiger partial charge in [0.25, 0.3) is 0 Å². The van der Waals surface area contributed by atoms with Gasteiger partial charge in [-0.3, -0.25) is 4.98 Å². The number of hydrogen-bond acceptors (Lipinski definition) is 2. The fraction of sp³-hybridized carbons (Fsp3) is 0.214.